The third-order valence-corrected chi connectivity index (χ3v) is 5.94. The highest BCUT2D eigenvalue weighted by Crippen LogP contribution is 2.36. The zero-order valence-corrected chi connectivity index (χ0v) is 19.6. The van der Waals surface area contributed by atoms with E-state index in [1.54, 1.807) is 7.11 Å². The molecule has 34 heavy (non-hydrogen) atoms. The summed E-state index contributed by atoms with van der Waals surface area (Å²) in [5.41, 5.74) is 7.14. The first-order valence-corrected chi connectivity index (χ1v) is 11.3. The Labute approximate surface area is 199 Å². The average molecular weight is 450 g/mol. The monoisotopic (exact) mass is 449 g/mol. The molecule has 0 spiro atoms. The highest BCUT2D eigenvalue weighted by molar-refractivity contribution is 5.82. The summed E-state index contributed by atoms with van der Waals surface area (Å²) < 4.78 is 13.6. The molecule has 0 fully saturated rings. The van der Waals surface area contributed by atoms with Crippen LogP contribution in [-0.4, -0.2) is 16.5 Å². The molecule has 0 saturated heterocycles. The van der Waals surface area contributed by atoms with E-state index in [-0.39, 0.29) is 0 Å². The first kappa shape index (κ1) is 21.6. The molecule has 5 heteroatoms. The predicted molar refractivity (Wildman–Crippen MR) is 137 cm³/mol. The van der Waals surface area contributed by atoms with Crippen molar-refractivity contribution in [1.29, 1.82) is 0 Å². The summed E-state index contributed by atoms with van der Waals surface area (Å²) in [7, 11) is 1.67. The summed E-state index contributed by atoms with van der Waals surface area (Å²) in [6.45, 7) is 4.70. The van der Waals surface area contributed by atoms with Crippen LogP contribution in [0.15, 0.2) is 91.1 Å². The fourth-order valence-corrected chi connectivity index (χ4v) is 4.09. The third kappa shape index (κ3) is 4.20. The van der Waals surface area contributed by atoms with E-state index in [0.29, 0.717) is 6.61 Å². The summed E-state index contributed by atoms with van der Waals surface area (Å²) in [6.07, 6.45) is 2.01. The van der Waals surface area contributed by atoms with Crippen molar-refractivity contribution < 1.29 is 9.47 Å². The number of fused-ring (bicyclic) bond motifs is 1. The minimum atomic E-state index is 0.477. The molecule has 5 rings (SSSR count). The van der Waals surface area contributed by atoms with Crippen LogP contribution in [0.4, 0.5) is 11.5 Å². The fraction of sp³-hybridized carbons (Fsp3) is 0.138. The van der Waals surface area contributed by atoms with Crippen LogP contribution < -0.4 is 14.8 Å². The maximum atomic E-state index is 6.21. The highest BCUT2D eigenvalue weighted by atomic mass is 16.5. The molecule has 170 valence electrons. The van der Waals surface area contributed by atoms with Crippen LogP contribution in [0.5, 0.6) is 11.5 Å². The second kappa shape index (κ2) is 9.32. The first-order chi connectivity index (χ1) is 16.6. The molecular weight excluding hydrogens is 422 g/mol. The van der Waals surface area contributed by atoms with Gasteiger partial charge in [-0.3, -0.25) is 4.40 Å². The van der Waals surface area contributed by atoms with Gasteiger partial charge in [-0.25, -0.2) is 4.98 Å². The van der Waals surface area contributed by atoms with Crippen LogP contribution in [-0.2, 0) is 6.61 Å². The van der Waals surface area contributed by atoms with Crippen molar-refractivity contribution in [2.75, 3.05) is 12.4 Å². The van der Waals surface area contributed by atoms with Gasteiger partial charge in [-0.05, 0) is 66.9 Å². The Bertz CT molecular complexity index is 1400. The first-order valence-electron chi connectivity index (χ1n) is 11.3. The summed E-state index contributed by atoms with van der Waals surface area (Å²) in [6, 6.07) is 28.4. The molecule has 1 N–H and O–H groups in total. The van der Waals surface area contributed by atoms with Crippen molar-refractivity contribution in [1.82, 2.24) is 9.38 Å². The summed E-state index contributed by atoms with van der Waals surface area (Å²) >= 11 is 0. The van der Waals surface area contributed by atoms with E-state index in [9.17, 15) is 0 Å². The Hall–Kier alpha value is -4.25. The number of anilines is 2. The van der Waals surface area contributed by atoms with E-state index in [1.807, 2.05) is 60.8 Å². The Balaban J connectivity index is 1.62. The summed E-state index contributed by atoms with van der Waals surface area (Å²) in [5.74, 6) is 2.43. The molecule has 5 nitrogen and oxygen atoms in total. The van der Waals surface area contributed by atoms with Gasteiger partial charge in [-0.15, -0.1) is 0 Å². The number of ether oxygens (including phenoxy) is 2. The Morgan fingerprint density at radius 1 is 0.824 bits per heavy atom. The van der Waals surface area contributed by atoms with E-state index in [4.69, 9.17) is 14.5 Å². The van der Waals surface area contributed by atoms with Crippen LogP contribution >= 0.6 is 0 Å². The molecule has 0 amide bonds. The largest absolute Gasteiger partial charge is 0.497 e. The Kier molecular flexibility index (Phi) is 5.91. The molecule has 2 aromatic heterocycles. The van der Waals surface area contributed by atoms with Crippen LogP contribution in [0.25, 0.3) is 16.9 Å². The van der Waals surface area contributed by atoms with Crippen LogP contribution in [0.2, 0.25) is 0 Å². The number of pyridine rings is 1. The maximum Gasteiger partial charge on any atom is 0.181 e. The number of imidazole rings is 1. The molecule has 0 atom stereocenters. The number of para-hydroxylation sites is 1. The molecule has 3 aromatic carbocycles. The number of benzene rings is 3. The van der Waals surface area contributed by atoms with Crippen molar-refractivity contribution in [2.45, 2.75) is 20.5 Å². The second-order valence-electron chi connectivity index (χ2n) is 8.27. The van der Waals surface area contributed by atoms with Gasteiger partial charge in [0.1, 0.15) is 23.9 Å². The van der Waals surface area contributed by atoms with E-state index in [0.717, 1.165) is 45.5 Å². The van der Waals surface area contributed by atoms with Crippen molar-refractivity contribution in [3.8, 4) is 22.8 Å². The number of nitrogens with one attached hydrogen (secondary N) is 1. The third-order valence-electron chi connectivity index (χ3n) is 5.94. The molecule has 0 aliphatic heterocycles. The molecule has 5 aromatic rings. The normalized spacial score (nSPS) is 10.9. The Morgan fingerprint density at radius 2 is 1.56 bits per heavy atom. The molecule has 0 aliphatic rings. The van der Waals surface area contributed by atoms with E-state index in [1.165, 1.54) is 11.1 Å². The SMILES string of the molecule is COc1ccc(-c2nc3c(OCc4ccccc4)cccn3c2Nc2c(C)cccc2C)cc1. The topological polar surface area (TPSA) is 47.8 Å². The smallest absolute Gasteiger partial charge is 0.181 e. The Morgan fingerprint density at radius 3 is 2.26 bits per heavy atom. The van der Waals surface area contributed by atoms with Crippen LogP contribution in [0.1, 0.15) is 16.7 Å². The zero-order chi connectivity index (χ0) is 23.5. The zero-order valence-electron chi connectivity index (χ0n) is 19.6. The molecule has 0 saturated carbocycles. The molecule has 0 aliphatic carbocycles. The van der Waals surface area contributed by atoms with Crippen LogP contribution in [0.3, 0.4) is 0 Å². The number of nitrogens with zero attached hydrogens (tertiary/aromatic N) is 2. The minimum absolute atomic E-state index is 0.477. The van der Waals surface area contributed by atoms with Gasteiger partial charge in [-0.1, -0.05) is 48.5 Å². The van der Waals surface area contributed by atoms with E-state index >= 15 is 0 Å². The average Bonchev–Trinajstić information content (AvgIpc) is 3.24. The lowest BCUT2D eigenvalue weighted by molar-refractivity contribution is 0.308. The number of hydrogen-bond donors (Lipinski definition) is 1. The standard InChI is InChI=1S/C29H27N3O2/c1-20-9-7-10-21(2)26(20)30-29-27(23-14-16-24(33-3)17-15-23)31-28-25(13-8-18-32(28)29)34-19-22-11-5-4-6-12-22/h4-18,30H,19H2,1-3H3. The van der Waals surface area contributed by atoms with Gasteiger partial charge >= 0.3 is 0 Å². The van der Waals surface area contributed by atoms with Crippen molar-refractivity contribution in [2.24, 2.45) is 0 Å². The number of hydrogen-bond acceptors (Lipinski definition) is 4. The summed E-state index contributed by atoms with van der Waals surface area (Å²) in [5, 5.41) is 3.67. The van der Waals surface area contributed by atoms with Crippen molar-refractivity contribution in [3.63, 3.8) is 0 Å². The fourth-order valence-electron chi connectivity index (χ4n) is 4.09. The molecular formula is C29H27N3O2. The van der Waals surface area contributed by atoms with Crippen LogP contribution in [0, 0.1) is 13.8 Å². The molecule has 0 radical (unpaired) electrons. The lowest BCUT2D eigenvalue weighted by Gasteiger charge is -2.14. The molecule has 2 heterocycles. The van der Waals surface area contributed by atoms with Gasteiger partial charge < -0.3 is 14.8 Å². The van der Waals surface area contributed by atoms with Gasteiger partial charge in [0, 0.05) is 17.4 Å². The lowest BCUT2D eigenvalue weighted by Crippen LogP contribution is -2.01. The quantitative estimate of drug-likeness (QED) is 0.292. The van der Waals surface area contributed by atoms with Crippen molar-refractivity contribution in [3.05, 3.63) is 108 Å². The van der Waals surface area contributed by atoms with Gasteiger partial charge in [0.2, 0.25) is 0 Å². The molecule has 0 bridgehead atoms. The lowest BCUT2D eigenvalue weighted by atomic mass is 10.1. The van der Waals surface area contributed by atoms with Gasteiger partial charge in [0.25, 0.3) is 0 Å². The van der Waals surface area contributed by atoms with Gasteiger partial charge in [0.15, 0.2) is 11.4 Å². The van der Waals surface area contributed by atoms with Gasteiger partial charge in [0.05, 0.1) is 7.11 Å². The van der Waals surface area contributed by atoms with Gasteiger partial charge in [-0.2, -0.15) is 0 Å². The molecule has 0 unspecified atom stereocenters. The maximum absolute atomic E-state index is 6.21. The number of methoxy groups -OCH3 is 1. The van der Waals surface area contributed by atoms with E-state index < -0.39 is 0 Å². The predicted octanol–water partition coefficient (Wildman–Crippen LogP) is 6.95. The minimum Gasteiger partial charge on any atom is -0.497 e. The second-order valence-corrected chi connectivity index (χ2v) is 8.27. The highest BCUT2D eigenvalue weighted by Gasteiger charge is 2.18. The van der Waals surface area contributed by atoms with Crippen molar-refractivity contribution >= 4 is 17.2 Å². The number of aryl methyl sites for hydroxylation is 2. The van der Waals surface area contributed by atoms with E-state index in [2.05, 4.69) is 53.9 Å². The number of aromatic nitrogens is 2. The summed E-state index contributed by atoms with van der Waals surface area (Å²) in [4.78, 5) is 5.04. The number of rotatable bonds is 7.